The Morgan fingerprint density at radius 3 is 1.90 bits per heavy atom. The summed E-state index contributed by atoms with van der Waals surface area (Å²) in [6.45, 7) is 18.7. The van der Waals surface area contributed by atoms with Gasteiger partial charge in [0, 0.05) is 5.57 Å². The van der Waals surface area contributed by atoms with Crippen molar-refractivity contribution in [2.45, 2.75) is 109 Å². The average molecular weight is 449 g/mol. The van der Waals surface area contributed by atoms with Gasteiger partial charge in [0.1, 0.15) is 0 Å². The molecule has 5 nitrogen and oxygen atoms in total. The number of hydrogen-bond acceptors (Lipinski definition) is 3. The van der Waals surface area contributed by atoms with Gasteiger partial charge in [-0.15, -0.1) is 0 Å². The van der Waals surface area contributed by atoms with Gasteiger partial charge in [-0.2, -0.15) is 8.42 Å². The van der Waals surface area contributed by atoms with E-state index in [1.807, 2.05) is 0 Å². The summed E-state index contributed by atoms with van der Waals surface area (Å²) in [4.78, 5) is 10.2. The minimum atomic E-state index is -4.21. The SMILES string of the molecule is C=C(CCCCC([Si](CC(C)C)(CC(C)C)C(C)(C)CCC)S(=O)(=O)O)C(=O)O. The Hall–Kier alpha value is -0.663. The first-order valence-electron chi connectivity index (χ1n) is 11.0. The molecule has 0 aliphatic heterocycles. The highest BCUT2D eigenvalue weighted by Gasteiger charge is 2.55. The number of carboxylic acids is 1. The fourth-order valence-corrected chi connectivity index (χ4v) is 16.5. The number of aliphatic carboxylic acids is 1. The third kappa shape index (κ3) is 8.54. The fourth-order valence-electron chi connectivity index (χ4n) is 5.15. The van der Waals surface area contributed by atoms with Crippen LogP contribution in [0.3, 0.4) is 0 Å². The largest absolute Gasteiger partial charge is 0.478 e. The Morgan fingerprint density at radius 2 is 1.55 bits per heavy atom. The van der Waals surface area contributed by atoms with Crippen LogP contribution in [0.1, 0.15) is 87.0 Å². The van der Waals surface area contributed by atoms with E-state index >= 15 is 0 Å². The van der Waals surface area contributed by atoms with Crippen LogP contribution in [-0.4, -0.2) is 37.0 Å². The van der Waals surface area contributed by atoms with Gasteiger partial charge in [-0.3, -0.25) is 4.55 Å². The summed E-state index contributed by atoms with van der Waals surface area (Å²) in [5, 5.41) is 8.86. The monoisotopic (exact) mass is 448 g/mol. The number of carbonyl (C=O) groups is 1. The smallest absolute Gasteiger partial charge is 0.330 e. The van der Waals surface area contributed by atoms with Gasteiger partial charge in [-0.1, -0.05) is 86.4 Å². The third-order valence-corrected chi connectivity index (χ3v) is 17.0. The zero-order chi connectivity index (χ0) is 23.0. The maximum Gasteiger partial charge on any atom is 0.330 e. The first-order valence-corrected chi connectivity index (χ1v) is 15.0. The molecule has 0 saturated heterocycles. The van der Waals surface area contributed by atoms with E-state index in [2.05, 4.69) is 55.0 Å². The van der Waals surface area contributed by atoms with Crippen molar-refractivity contribution in [2.24, 2.45) is 11.8 Å². The van der Waals surface area contributed by atoms with E-state index in [0.717, 1.165) is 24.9 Å². The van der Waals surface area contributed by atoms with E-state index in [4.69, 9.17) is 5.11 Å². The Kier molecular flexibility index (Phi) is 11.4. The molecule has 1 unspecified atom stereocenters. The van der Waals surface area contributed by atoms with Crippen LogP contribution in [0.4, 0.5) is 0 Å². The average Bonchev–Trinajstić information content (AvgIpc) is 2.51. The van der Waals surface area contributed by atoms with Crippen LogP contribution in [-0.2, 0) is 14.9 Å². The molecule has 0 aromatic heterocycles. The van der Waals surface area contributed by atoms with Gasteiger partial charge in [0.25, 0.3) is 10.1 Å². The molecule has 1 atom stereocenters. The molecule has 0 radical (unpaired) electrons. The van der Waals surface area contributed by atoms with E-state index in [1.54, 1.807) is 0 Å². The second-order valence-corrected chi connectivity index (χ2v) is 17.3. The van der Waals surface area contributed by atoms with Crippen molar-refractivity contribution in [3.05, 3.63) is 12.2 Å². The van der Waals surface area contributed by atoms with Crippen molar-refractivity contribution in [3.8, 4) is 0 Å². The summed E-state index contributed by atoms with van der Waals surface area (Å²) in [6.07, 6.45) is 3.80. The van der Waals surface area contributed by atoms with E-state index in [0.29, 0.717) is 37.5 Å². The van der Waals surface area contributed by atoms with Gasteiger partial charge in [-0.05, 0) is 36.1 Å². The first kappa shape index (κ1) is 28.3. The van der Waals surface area contributed by atoms with Crippen molar-refractivity contribution in [1.82, 2.24) is 0 Å². The molecule has 0 rings (SSSR count). The lowest BCUT2D eigenvalue weighted by Crippen LogP contribution is -2.59. The highest BCUT2D eigenvalue weighted by molar-refractivity contribution is 7.88. The molecule has 0 spiro atoms. The topological polar surface area (TPSA) is 91.7 Å². The Morgan fingerprint density at radius 1 is 1.07 bits per heavy atom. The molecule has 0 aromatic carbocycles. The number of rotatable bonds is 15. The fraction of sp³-hybridized carbons (Fsp3) is 0.864. The quantitative estimate of drug-likeness (QED) is 0.132. The summed E-state index contributed by atoms with van der Waals surface area (Å²) in [5.41, 5.74) is 0.146. The zero-order valence-corrected chi connectivity index (χ0v) is 21.4. The molecule has 0 amide bonds. The molecular formula is C22H44O5SSi. The molecule has 0 saturated carbocycles. The second kappa shape index (κ2) is 11.7. The highest BCUT2D eigenvalue weighted by atomic mass is 32.2. The van der Waals surface area contributed by atoms with Crippen molar-refractivity contribution in [1.29, 1.82) is 0 Å². The molecule has 0 heterocycles. The number of unbranched alkanes of at least 4 members (excludes halogenated alkanes) is 1. The summed E-state index contributed by atoms with van der Waals surface area (Å²) in [6, 6.07) is 1.73. The lowest BCUT2D eigenvalue weighted by Gasteiger charge is -2.51. The van der Waals surface area contributed by atoms with Crippen LogP contribution in [0.5, 0.6) is 0 Å². The van der Waals surface area contributed by atoms with Crippen LogP contribution < -0.4 is 0 Å². The molecule has 0 aliphatic carbocycles. The summed E-state index contributed by atoms with van der Waals surface area (Å²) in [5.74, 6) is -0.302. The van der Waals surface area contributed by atoms with Crippen molar-refractivity contribution < 1.29 is 22.9 Å². The third-order valence-electron chi connectivity index (χ3n) is 6.24. The molecule has 29 heavy (non-hydrogen) atoms. The molecule has 0 aromatic rings. The molecule has 172 valence electrons. The standard InChI is InChI=1S/C22H44O5SSi/c1-9-14-22(7,8)29(15-17(2)3,16-18(4)5)20(28(25,26)27)13-11-10-12-19(6)21(23)24/h17-18,20H,6,9-16H2,1-5,7-8H3,(H,23,24)(H,25,26,27). The van der Waals surface area contributed by atoms with Gasteiger partial charge in [0.15, 0.2) is 0 Å². The Labute approximate surface area is 180 Å². The van der Waals surface area contributed by atoms with Gasteiger partial charge in [-0.25, -0.2) is 4.79 Å². The second-order valence-electron chi connectivity index (χ2n) is 10.1. The molecule has 0 aliphatic rings. The minimum Gasteiger partial charge on any atom is -0.478 e. The van der Waals surface area contributed by atoms with Crippen LogP contribution in [0.2, 0.25) is 17.1 Å². The highest BCUT2D eigenvalue weighted by Crippen LogP contribution is 2.52. The molecule has 7 heteroatoms. The minimum absolute atomic E-state index is 0.124. The molecular weight excluding hydrogens is 404 g/mol. The lowest BCUT2D eigenvalue weighted by molar-refractivity contribution is -0.132. The predicted molar refractivity (Wildman–Crippen MR) is 125 cm³/mol. The number of carboxylic acid groups (broad SMARTS) is 1. The Balaban J connectivity index is 6.08. The van der Waals surface area contributed by atoms with Gasteiger partial charge in [0.2, 0.25) is 0 Å². The van der Waals surface area contributed by atoms with Crippen LogP contribution in [0, 0.1) is 11.8 Å². The molecule has 2 N–H and O–H groups in total. The van der Waals surface area contributed by atoms with E-state index in [1.165, 1.54) is 0 Å². The van der Waals surface area contributed by atoms with E-state index in [-0.39, 0.29) is 10.6 Å². The number of hydrogen-bond donors (Lipinski definition) is 2. The predicted octanol–water partition coefficient (Wildman–Crippen LogP) is 6.32. The Bertz CT molecular complexity index is 628. The molecule has 0 fully saturated rings. The van der Waals surface area contributed by atoms with Crippen LogP contribution in [0.15, 0.2) is 12.2 Å². The van der Waals surface area contributed by atoms with Gasteiger partial charge >= 0.3 is 5.97 Å². The van der Waals surface area contributed by atoms with E-state index < -0.39 is 29.0 Å². The van der Waals surface area contributed by atoms with Crippen LogP contribution in [0.25, 0.3) is 0 Å². The zero-order valence-electron chi connectivity index (χ0n) is 19.6. The van der Waals surface area contributed by atoms with Gasteiger partial charge in [0.05, 0.1) is 12.9 Å². The first-order chi connectivity index (χ1) is 13.1. The van der Waals surface area contributed by atoms with Gasteiger partial charge < -0.3 is 5.11 Å². The molecule has 0 bridgehead atoms. The van der Waals surface area contributed by atoms with Crippen molar-refractivity contribution in [3.63, 3.8) is 0 Å². The summed E-state index contributed by atoms with van der Waals surface area (Å²) in [7, 11) is -6.72. The van der Waals surface area contributed by atoms with Crippen molar-refractivity contribution in [2.75, 3.05) is 0 Å². The van der Waals surface area contributed by atoms with E-state index in [9.17, 15) is 17.8 Å². The summed E-state index contributed by atoms with van der Waals surface area (Å²) >= 11 is 0. The maximum absolute atomic E-state index is 12.7. The van der Waals surface area contributed by atoms with Crippen molar-refractivity contribution >= 4 is 24.2 Å². The summed E-state index contributed by atoms with van der Waals surface area (Å²) < 4.78 is 35.8. The lowest BCUT2D eigenvalue weighted by atomic mass is 10.1. The normalized spacial score (nSPS) is 14.4. The van der Waals surface area contributed by atoms with Crippen LogP contribution >= 0.6 is 0 Å². The maximum atomic E-state index is 12.7.